The van der Waals surface area contributed by atoms with Gasteiger partial charge in [-0.25, -0.2) is 4.98 Å². The highest BCUT2D eigenvalue weighted by Crippen LogP contribution is 2.34. The molecule has 0 amide bonds. The number of rotatable bonds is 6. The second-order valence-electron chi connectivity index (χ2n) is 5.69. The minimum absolute atomic E-state index is 0.407. The molecule has 0 saturated heterocycles. The van der Waals surface area contributed by atoms with Crippen LogP contribution in [-0.2, 0) is 10.2 Å². The fraction of sp³-hybridized carbons (Fsp3) is 0.692. The topological polar surface area (TPSA) is 62.2 Å². The van der Waals surface area contributed by atoms with Crippen LogP contribution in [0.3, 0.4) is 0 Å². The van der Waals surface area contributed by atoms with E-state index in [2.05, 4.69) is 17.2 Å². The first-order valence-electron chi connectivity index (χ1n) is 6.35. The molecule has 1 aliphatic rings. The van der Waals surface area contributed by atoms with Gasteiger partial charge in [0.1, 0.15) is 5.41 Å². The molecule has 2 N–H and O–H groups in total. The van der Waals surface area contributed by atoms with Crippen molar-refractivity contribution in [1.29, 1.82) is 0 Å². The molecule has 4 nitrogen and oxygen atoms in total. The van der Waals surface area contributed by atoms with E-state index in [1.807, 2.05) is 5.38 Å². The third-order valence-corrected chi connectivity index (χ3v) is 4.21. The second kappa shape index (κ2) is 4.88. The van der Waals surface area contributed by atoms with E-state index < -0.39 is 11.4 Å². The van der Waals surface area contributed by atoms with E-state index in [1.54, 1.807) is 13.8 Å². The predicted octanol–water partition coefficient (Wildman–Crippen LogP) is 3.11. The van der Waals surface area contributed by atoms with Gasteiger partial charge in [0.25, 0.3) is 0 Å². The molecule has 1 saturated carbocycles. The van der Waals surface area contributed by atoms with Gasteiger partial charge in [0.05, 0.1) is 5.69 Å². The third-order valence-electron chi connectivity index (χ3n) is 3.43. The van der Waals surface area contributed by atoms with E-state index in [4.69, 9.17) is 5.11 Å². The summed E-state index contributed by atoms with van der Waals surface area (Å²) in [5, 5.41) is 15.2. The molecule has 1 unspecified atom stereocenters. The van der Waals surface area contributed by atoms with Crippen LogP contribution in [0.25, 0.3) is 0 Å². The van der Waals surface area contributed by atoms with Gasteiger partial charge in [-0.1, -0.05) is 12.8 Å². The number of aliphatic carboxylic acids is 1. The zero-order valence-corrected chi connectivity index (χ0v) is 11.9. The van der Waals surface area contributed by atoms with Crippen LogP contribution in [0, 0.1) is 5.92 Å². The summed E-state index contributed by atoms with van der Waals surface area (Å²) in [5.74, 6) is 0.0350. The molecule has 0 bridgehead atoms. The Kier molecular flexibility index (Phi) is 3.61. The van der Waals surface area contributed by atoms with Gasteiger partial charge in [-0.05, 0) is 33.1 Å². The molecule has 1 atom stereocenters. The highest BCUT2D eigenvalue weighted by Gasteiger charge is 2.32. The molecular formula is C13H20N2O2S. The van der Waals surface area contributed by atoms with Gasteiger partial charge >= 0.3 is 5.97 Å². The summed E-state index contributed by atoms with van der Waals surface area (Å²) in [4.78, 5) is 15.5. The first kappa shape index (κ1) is 13.3. The largest absolute Gasteiger partial charge is 0.481 e. The molecule has 1 aromatic rings. The lowest BCUT2D eigenvalue weighted by Crippen LogP contribution is -2.29. The van der Waals surface area contributed by atoms with Crippen LogP contribution < -0.4 is 5.32 Å². The number of aromatic nitrogens is 1. The van der Waals surface area contributed by atoms with E-state index in [0.717, 1.165) is 11.0 Å². The van der Waals surface area contributed by atoms with E-state index in [0.29, 0.717) is 11.7 Å². The van der Waals surface area contributed by atoms with Crippen molar-refractivity contribution in [2.24, 2.45) is 5.92 Å². The molecule has 1 heterocycles. The highest BCUT2D eigenvalue weighted by molar-refractivity contribution is 7.13. The SMILES string of the molecule is CC(CC1CC1)Nc1nc(C(C)(C)C(=O)O)cs1. The van der Waals surface area contributed by atoms with Crippen LogP contribution in [-0.4, -0.2) is 22.1 Å². The first-order chi connectivity index (χ1) is 8.39. The Labute approximate surface area is 111 Å². The molecule has 18 heavy (non-hydrogen) atoms. The molecule has 0 aliphatic heterocycles. The Morgan fingerprint density at radius 3 is 2.89 bits per heavy atom. The summed E-state index contributed by atoms with van der Waals surface area (Å²) < 4.78 is 0. The lowest BCUT2D eigenvalue weighted by atomic mass is 9.90. The molecule has 1 aliphatic carbocycles. The summed E-state index contributed by atoms with van der Waals surface area (Å²) >= 11 is 1.48. The van der Waals surface area contributed by atoms with E-state index in [-0.39, 0.29) is 0 Å². The number of hydrogen-bond acceptors (Lipinski definition) is 4. The van der Waals surface area contributed by atoms with Gasteiger partial charge in [-0.15, -0.1) is 11.3 Å². The van der Waals surface area contributed by atoms with Crippen LogP contribution in [0.2, 0.25) is 0 Å². The molecular weight excluding hydrogens is 248 g/mol. The fourth-order valence-corrected chi connectivity index (χ4v) is 2.85. The van der Waals surface area contributed by atoms with Crippen LogP contribution in [0.1, 0.15) is 45.7 Å². The Bertz CT molecular complexity index is 438. The van der Waals surface area contributed by atoms with Crippen molar-refractivity contribution in [1.82, 2.24) is 4.98 Å². The molecule has 5 heteroatoms. The number of hydrogen-bond donors (Lipinski definition) is 2. The highest BCUT2D eigenvalue weighted by atomic mass is 32.1. The quantitative estimate of drug-likeness (QED) is 0.832. The van der Waals surface area contributed by atoms with Crippen LogP contribution >= 0.6 is 11.3 Å². The van der Waals surface area contributed by atoms with Crippen molar-refractivity contribution < 1.29 is 9.90 Å². The minimum Gasteiger partial charge on any atom is -0.481 e. The third kappa shape index (κ3) is 3.02. The molecule has 1 aromatic heterocycles. The number of anilines is 1. The molecule has 0 spiro atoms. The number of nitrogens with one attached hydrogen (secondary N) is 1. The average Bonchev–Trinajstić information content (AvgIpc) is 2.94. The molecule has 100 valence electrons. The van der Waals surface area contributed by atoms with Gasteiger partial charge in [0, 0.05) is 11.4 Å². The van der Waals surface area contributed by atoms with Gasteiger partial charge < -0.3 is 10.4 Å². The standard InChI is InChI=1S/C13H20N2O2S/c1-8(6-9-4-5-9)14-12-15-10(7-18-12)13(2,3)11(16)17/h7-9H,4-6H2,1-3H3,(H,14,15)(H,16,17). The minimum atomic E-state index is -0.920. The summed E-state index contributed by atoms with van der Waals surface area (Å²) in [6.45, 7) is 5.52. The zero-order chi connectivity index (χ0) is 13.3. The van der Waals surface area contributed by atoms with Crippen LogP contribution in [0.4, 0.5) is 5.13 Å². The van der Waals surface area contributed by atoms with Crippen molar-refractivity contribution in [3.8, 4) is 0 Å². The van der Waals surface area contributed by atoms with E-state index in [9.17, 15) is 4.79 Å². The smallest absolute Gasteiger partial charge is 0.315 e. The number of carboxylic acid groups (broad SMARTS) is 1. The number of carboxylic acids is 1. The van der Waals surface area contributed by atoms with Crippen molar-refractivity contribution in [2.45, 2.75) is 51.5 Å². The van der Waals surface area contributed by atoms with Crippen molar-refractivity contribution >= 4 is 22.4 Å². The second-order valence-corrected chi connectivity index (χ2v) is 6.55. The number of carbonyl (C=O) groups is 1. The molecule has 1 fully saturated rings. The van der Waals surface area contributed by atoms with Crippen LogP contribution in [0.5, 0.6) is 0 Å². The Morgan fingerprint density at radius 1 is 1.67 bits per heavy atom. The van der Waals surface area contributed by atoms with Gasteiger partial charge in [-0.2, -0.15) is 0 Å². The summed E-state index contributed by atoms with van der Waals surface area (Å²) in [6, 6.07) is 0.407. The maximum Gasteiger partial charge on any atom is 0.315 e. The number of nitrogens with zero attached hydrogens (tertiary/aromatic N) is 1. The van der Waals surface area contributed by atoms with Gasteiger partial charge in [0.2, 0.25) is 0 Å². The molecule has 0 aromatic carbocycles. The Balaban J connectivity index is 1.98. The van der Waals surface area contributed by atoms with E-state index >= 15 is 0 Å². The summed E-state index contributed by atoms with van der Waals surface area (Å²) in [6.07, 6.45) is 3.87. The number of thiazole rings is 1. The lowest BCUT2D eigenvalue weighted by molar-refractivity contribution is -0.142. The van der Waals surface area contributed by atoms with Gasteiger partial charge in [-0.3, -0.25) is 4.79 Å². The van der Waals surface area contributed by atoms with Gasteiger partial charge in [0.15, 0.2) is 5.13 Å². The first-order valence-corrected chi connectivity index (χ1v) is 7.23. The Morgan fingerprint density at radius 2 is 2.33 bits per heavy atom. The molecule has 2 rings (SSSR count). The van der Waals surface area contributed by atoms with Crippen molar-refractivity contribution in [3.63, 3.8) is 0 Å². The maximum absolute atomic E-state index is 11.2. The summed E-state index contributed by atoms with van der Waals surface area (Å²) in [5.41, 5.74) is -0.294. The predicted molar refractivity (Wildman–Crippen MR) is 73.2 cm³/mol. The Hall–Kier alpha value is -1.10. The van der Waals surface area contributed by atoms with Crippen LogP contribution in [0.15, 0.2) is 5.38 Å². The van der Waals surface area contributed by atoms with Crippen molar-refractivity contribution in [2.75, 3.05) is 5.32 Å². The average molecular weight is 268 g/mol. The van der Waals surface area contributed by atoms with E-state index in [1.165, 1.54) is 30.6 Å². The lowest BCUT2D eigenvalue weighted by Gasteiger charge is -2.16. The zero-order valence-electron chi connectivity index (χ0n) is 11.1. The monoisotopic (exact) mass is 268 g/mol. The normalized spacial score (nSPS) is 17.5. The van der Waals surface area contributed by atoms with Crippen molar-refractivity contribution in [3.05, 3.63) is 11.1 Å². The fourth-order valence-electron chi connectivity index (χ4n) is 1.86. The summed E-state index contributed by atoms with van der Waals surface area (Å²) in [7, 11) is 0. The maximum atomic E-state index is 11.2. The molecule has 0 radical (unpaired) electrons.